The molecule has 4 rings (SSSR count). The van der Waals surface area contributed by atoms with Crippen LogP contribution in [0.2, 0.25) is 5.02 Å². The molecule has 12 nitrogen and oxygen atoms in total. The minimum absolute atomic E-state index is 0.0560. The fourth-order valence-electron chi connectivity index (χ4n) is 4.66. The number of carbonyl (C=O) groups is 2. The molecular formula is C33H37ClF5N9O3. The highest BCUT2D eigenvalue weighted by Crippen LogP contribution is 2.32. The van der Waals surface area contributed by atoms with Crippen LogP contribution in [0.3, 0.4) is 0 Å². The van der Waals surface area contributed by atoms with Crippen LogP contribution in [0, 0.1) is 10.8 Å². The predicted molar refractivity (Wildman–Crippen MR) is 179 cm³/mol. The minimum atomic E-state index is -4.81. The van der Waals surface area contributed by atoms with Gasteiger partial charge in [-0.25, -0.2) is 19.1 Å². The van der Waals surface area contributed by atoms with E-state index in [9.17, 15) is 31.5 Å². The summed E-state index contributed by atoms with van der Waals surface area (Å²) in [5.41, 5.74) is -1.31. The van der Waals surface area contributed by atoms with Crippen LogP contribution < -0.4 is 10.6 Å². The van der Waals surface area contributed by atoms with Crippen molar-refractivity contribution >= 4 is 29.6 Å². The normalized spacial score (nSPS) is 12.8. The number of alkyl carbamates (subject to hydrolysis) is 1. The lowest BCUT2D eigenvalue weighted by atomic mass is 9.92. The molecule has 0 fully saturated rings. The summed E-state index contributed by atoms with van der Waals surface area (Å²) < 4.78 is 74.0. The van der Waals surface area contributed by atoms with Crippen LogP contribution >= 0.6 is 11.6 Å². The van der Waals surface area contributed by atoms with E-state index in [0.717, 1.165) is 24.9 Å². The summed E-state index contributed by atoms with van der Waals surface area (Å²) in [5, 5.41) is 21.7. The third kappa shape index (κ3) is 9.80. The van der Waals surface area contributed by atoms with E-state index in [4.69, 9.17) is 21.7 Å². The predicted octanol–water partition coefficient (Wildman–Crippen LogP) is 7.39. The number of rotatable bonds is 11. The van der Waals surface area contributed by atoms with Crippen LogP contribution in [-0.4, -0.2) is 72.3 Å². The number of hydrogen-bond donors (Lipinski definition) is 3. The van der Waals surface area contributed by atoms with Gasteiger partial charge in [0.15, 0.2) is 5.96 Å². The molecule has 2 aromatic heterocycles. The molecule has 4 aromatic rings. The van der Waals surface area contributed by atoms with E-state index in [-0.39, 0.29) is 28.1 Å². The summed E-state index contributed by atoms with van der Waals surface area (Å²) >= 11 is 6.46. The van der Waals surface area contributed by atoms with Crippen molar-refractivity contribution in [1.82, 2.24) is 40.1 Å². The molecule has 0 spiro atoms. The summed E-state index contributed by atoms with van der Waals surface area (Å²) in [7, 11) is 0. The van der Waals surface area contributed by atoms with E-state index >= 15 is 0 Å². The number of halogens is 6. The Morgan fingerprint density at radius 1 is 1.02 bits per heavy atom. The molecule has 274 valence electrons. The molecule has 0 bridgehead atoms. The minimum Gasteiger partial charge on any atom is -0.447 e. The summed E-state index contributed by atoms with van der Waals surface area (Å²) in [6, 6.07) is 9.10. The molecule has 0 saturated heterocycles. The molecule has 51 heavy (non-hydrogen) atoms. The van der Waals surface area contributed by atoms with Gasteiger partial charge in [-0.05, 0) is 61.1 Å². The van der Waals surface area contributed by atoms with Crippen LogP contribution in [-0.2, 0) is 4.74 Å². The van der Waals surface area contributed by atoms with Gasteiger partial charge in [-0.3, -0.25) is 15.1 Å². The summed E-state index contributed by atoms with van der Waals surface area (Å²) in [4.78, 5) is 32.1. The van der Waals surface area contributed by atoms with Crippen LogP contribution in [0.5, 0.6) is 0 Å². The van der Waals surface area contributed by atoms with Gasteiger partial charge in [-0.2, -0.15) is 32.1 Å². The van der Waals surface area contributed by atoms with Crippen LogP contribution in [0.4, 0.5) is 26.7 Å². The molecule has 18 heteroatoms. The largest absolute Gasteiger partial charge is 0.447 e. The molecule has 0 unspecified atom stereocenters. The van der Waals surface area contributed by atoms with Crippen molar-refractivity contribution in [1.29, 1.82) is 5.41 Å². The lowest BCUT2D eigenvalue weighted by Gasteiger charge is -2.34. The topological polar surface area (TPSA) is 143 Å². The van der Waals surface area contributed by atoms with Gasteiger partial charge < -0.3 is 15.4 Å². The molecule has 2 amide bonds. The van der Waals surface area contributed by atoms with Gasteiger partial charge in [0.05, 0.1) is 22.9 Å². The average Bonchev–Trinajstić information content (AvgIpc) is 3.75. The first-order valence-corrected chi connectivity index (χ1v) is 15.9. The van der Waals surface area contributed by atoms with Gasteiger partial charge in [-0.1, -0.05) is 50.6 Å². The Morgan fingerprint density at radius 2 is 1.71 bits per heavy atom. The standard InChI is InChI=1S/C33H37ClF5N9O3/c1-31(2,3)12-13-42-29(40)48(27(49)21-8-6-20(7-9-21)23-15-43-46(16-23)28(35)36)26(17-51-30(50)45-32(4,5)33(37,38)39)22-10-11-24(34)25(14-22)47-19-41-18-44-47/h6-11,14-16,18-19,26,28H,12-13,17H2,1-5H3,(H2,40,42)(H,45,50)/t26-/m1/s1. The third-order valence-corrected chi connectivity index (χ3v) is 8.04. The highest BCUT2D eigenvalue weighted by atomic mass is 35.5. The first-order chi connectivity index (χ1) is 23.8. The van der Waals surface area contributed by atoms with E-state index in [2.05, 4.69) is 20.5 Å². The zero-order chi connectivity index (χ0) is 37.7. The van der Waals surface area contributed by atoms with Crippen molar-refractivity contribution in [3.05, 3.63) is 83.7 Å². The average molecular weight is 738 g/mol. The van der Waals surface area contributed by atoms with Crippen molar-refractivity contribution in [2.45, 2.75) is 65.3 Å². The number of benzene rings is 2. The zero-order valence-corrected chi connectivity index (χ0v) is 29.1. The highest BCUT2D eigenvalue weighted by molar-refractivity contribution is 6.32. The second-order valence-corrected chi connectivity index (χ2v) is 13.6. The van der Waals surface area contributed by atoms with Gasteiger partial charge >= 0.3 is 18.8 Å². The fraction of sp³-hybridized carbons (Fsp3) is 0.394. The number of carbonyl (C=O) groups excluding carboxylic acids is 2. The molecule has 2 heterocycles. The molecular weight excluding hydrogens is 701 g/mol. The molecule has 0 radical (unpaired) electrons. The first-order valence-electron chi connectivity index (χ1n) is 15.5. The molecule has 2 aromatic carbocycles. The maximum absolute atomic E-state index is 14.4. The molecule has 1 atom stereocenters. The van der Waals surface area contributed by atoms with Crippen LogP contribution in [0.1, 0.15) is 69.6 Å². The van der Waals surface area contributed by atoms with Gasteiger partial charge in [0.2, 0.25) is 0 Å². The number of aromatic nitrogens is 5. The Morgan fingerprint density at radius 3 is 2.27 bits per heavy atom. The van der Waals surface area contributed by atoms with Gasteiger partial charge in [0, 0.05) is 23.9 Å². The van der Waals surface area contributed by atoms with Crippen molar-refractivity contribution in [3.8, 4) is 16.8 Å². The fourth-order valence-corrected chi connectivity index (χ4v) is 4.86. The number of amides is 2. The monoisotopic (exact) mass is 737 g/mol. The summed E-state index contributed by atoms with van der Waals surface area (Å²) in [6.07, 6.45) is -0.602. The zero-order valence-electron chi connectivity index (χ0n) is 28.3. The van der Waals surface area contributed by atoms with Crippen LogP contribution in [0.15, 0.2) is 67.5 Å². The second-order valence-electron chi connectivity index (χ2n) is 13.2. The maximum atomic E-state index is 14.4. The van der Waals surface area contributed by atoms with Crippen molar-refractivity contribution in [2.24, 2.45) is 5.41 Å². The molecule has 0 aliphatic rings. The molecule has 0 saturated carbocycles. The quantitative estimate of drug-likeness (QED) is 0.0828. The van der Waals surface area contributed by atoms with E-state index in [1.807, 2.05) is 20.8 Å². The van der Waals surface area contributed by atoms with Crippen molar-refractivity contribution in [3.63, 3.8) is 0 Å². The number of nitrogens with zero attached hydrogens (tertiary/aromatic N) is 6. The Hall–Kier alpha value is -5.06. The molecule has 0 aliphatic heterocycles. The van der Waals surface area contributed by atoms with Gasteiger partial charge in [0.25, 0.3) is 5.91 Å². The van der Waals surface area contributed by atoms with E-state index in [0.29, 0.717) is 27.9 Å². The number of nitrogens with one attached hydrogen (secondary N) is 3. The summed E-state index contributed by atoms with van der Waals surface area (Å²) in [6.45, 7) is 4.23. The first kappa shape index (κ1) is 38.7. The Bertz CT molecular complexity index is 1820. The lowest BCUT2D eigenvalue weighted by Crippen LogP contribution is -2.55. The lowest BCUT2D eigenvalue weighted by molar-refractivity contribution is -0.183. The van der Waals surface area contributed by atoms with Gasteiger partial charge in [0.1, 0.15) is 24.8 Å². The molecule has 3 N–H and O–H groups in total. The number of alkyl halides is 5. The third-order valence-electron chi connectivity index (χ3n) is 7.72. The Kier molecular flexibility index (Phi) is 11.7. The second kappa shape index (κ2) is 15.4. The van der Waals surface area contributed by atoms with Gasteiger partial charge in [-0.15, -0.1) is 0 Å². The van der Waals surface area contributed by atoms with Crippen molar-refractivity contribution in [2.75, 3.05) is 13.2 Å². The van der Waals surface area contributed by atoms with Crippen molar-refractivity contribution < 1.29 is 36.3 Å². The number of guanidine groups is 1. The van der Waals surface area contributed by atoms with E-state index < -0.39 is 48.9 Å². The maximum Gasteiger partial charge on any atom is 0.411 e. The van der Waals surface area contributed by atoms with E-state index in [1.54, 1.807) is 5.32 Å². The smallest absolute Gasteiger partial charge is 0.411 e. The number of hydrogen-bond acceptors (Lipinski definition) is 7. The number of ether oxygens (including phenoxy) is 1. The molecule has 0 aliphatic carbocycles. The van der Waals surface area contributed by atoms with Crippen LogP contribution in [0.25, 0.3) is 16.8 Å². The Labute approximate surface area is 295 Å². The summed E-state index contributed by atoms with van der Waals surface area (Å²) in [5.74, 6) is -1.15. The van der Waals surface area contributed by atoms with E-state index in [1.165, 1.54) is 66.0 Å². The Balaban J connectivity index is 1.76. The SMILES string of the molecule is CC(C)(C)CCNC(=N)N(C(=O)c1ccc(-c2cnn(C(F)F)c2)cc1)[C@H](COC(=O)NC(C)(C)C(F)(F)F)c1ccc(Cl)c(-n2cncn2)c1. The highest BCUT2D eigenvalue weighted by Gasteiger charge is 2.49.